The Bertz CT molecular complexity index is 3520. The van der Waals surface area contributed by atoms with Crippen molar-refractivity contribution >= 4 is 65.8 Å². The molecule has 12 rings (SSSR count). The van der Waals surface area contributed by atoms with Gasteiger partial charge in [0.25, 0.3) is 0 Å². The molecule has 6 heteroatoms. The van der Waals surface area contributed by atoms with Gasteiger partial charge >= 0.3 is 0 Å². The van der Waals surface area contributed by atoms with Crippen LogP contribution < -0.4 is 0 Å². The zero-order chi connectivity index (χ0) is 37.5. The van der Waals surface area contributed by atoms with E-state index in [1.54, 1.807) is 0 Å². The number of nitrogens with zero attached hydrogens (tertiary/aromatic N) is 3. The summed E-state index contributed by atoms with van der Waals surface area (Å²) >= 11 is 0. The zero-order valence-electron chi connectivity index (χ0n) is 30.3. The number of fused-ring (bicyclic) bond motifs is 9. The van der Waals surface area contributed by atoms with Crippen LogP contribution in [0.1, 0.15) is 0 Å². The lowest BCUT2D eigenvalue weighted by molar-refractivity contribution is 0.668. The van der Waals surface area contributed by atoms with E-state index < -0.39 is 0 Å². The van der Waals surface area contributed by atoms with E-state index in [2.05, 4.69) is 78.9 Å². The zero-order valence-corrected chi connectivity index (χ0v) is 30.3. The number of hydrogen-bond acceptors (Lipinski definition) is 6. The standard InChI is InChI=1S/C51H29N3O3/c1-2-12-31(13-3-1)49-52-50(54-51(53-49)40-19-10-18-36-34-14-4-7-20-41(34)56-47(36)40)32-26-24-30(25-27-32)33-28-29-37(48-46(33)39-16-6-9-22-43(39)57-48)35-17-11-23-44-45(35)38-15-5-8-21-42(38)55-44/h1-29H. The summed E-state index contributed by atoms with van der Waals surface area (Å²) < 4.78 is 19.4. The van der Waals surface area contributed by atoms with Crippen molar-refractivity contribution in [1.29, 1.82) is 0 Å². The number of furan rings is 3. The highest BCUT2D eigenvalue weighted by Crippen LogP contribution is 2.45. The number of benzene rings is 8. The van der Waals surface area contributed by atoms with E-state index in [9.17, 15) is 0 Å². The number of hydrogen-bond donors (Lipinski definition) is 0. The number of para-hydroxylation sites is 4. The van der Waals surface area contributed by atoms with Crippen molar-refractivity contribution in [3.05, 3.63) is 176 Å². The van der Waals surface area contributed by atoms with Crippen LogP contribution in [0, 0.1) is 0 Å². The van der Waals surface area contributed by atoms with E-state index in [-0.39, 0.29) is 0 Å². The maximum Gasteiger partial charge on any atom is 0.167 e. The predicted octanol–water partition coefficient (Wildman–Crippen LogP) is 13.9. The van der Waals surface area contributed by atoms with E-state index in [4.69, 9.17) is 28.2 Å². The third-order valence-corrected chi connectivity index (χ3v) is 11.0. The van der Waals surface area contributed by atoms with Gasteiger partial charge in [-0.3, -0.25) is 0 Å². The Hall–Kier alpha value is -7.83. The Morgan fingerprint density at radius 3 is 1.54 bits per heavy atom. The molecule has 0 unspecified atom stereocenters. The van der Waals surface area contributed by atoms with E-state index in [1.165, 1.54) is 0 Å². The molecule has 0 bridgehead atoms. The smallest absolute Gasteiger partial charge is 0.167 e. The first-order valence-electron chi connectivity index (χ1n) is 18.9. The summed E-state index contributed by atoms with van der Waals surface area (Å²) in [5.41, 5.74) is 11.8. The van der Waals surface area contributed by atoms with Crippen molar-refractivity contribution in [2.24, 2.45) is 0 Å². The van der Waals surface area contributed by atoms with Gasteiger partial charge in [0.2, 0.25) is 0 Å². The van der Waals surface area contributed by atoms with Crippen LogP contribution in [-0.4, -0.2) is 15.0 Å². The van der Waals surface area contributed by atoms with Crippen molar-refractivity contribution in [2.45, 2.75) is 0 Å². The lowest BCUT2D eigenvalue weighted by atomic mass is 9.92. The van der Waals surface area contributed by atoms with Gasteiger partial charge in [-0.25, -0.2) is 15.0 Å². The van der Waals surface area contributed by atoms with Gasteiger partial charge in [-0.15, -0.1) is 0 Å². The molecular weight excluding hydrogens is 703 g/mol. The van der Waals surface area contributed by atoms with Gasteiger partial charge in [-0.05, 0) is 53.1 Å². The van der Waals surface area contributed by atoms with E-state index in [0.29, 0.717) is 17.5 Å². The van der Waals surface area contributed by atoms with Gasteiger partial charge in [0, 0.05) is 49.0 Å². The molecule has 8 aromatic carbocycles. The monoisotopic (exact) mass is 731 g/mol. The summed E-state index contributed by atoms with van der Waals surface area (Å²) in [5, 5.41) is 6.37. The molecule has 0 spiro atoms. The van der Waals surface area contributed by atoms with Gasteiger partial charge < -0.3 is 13.3 Å². The van der Waals surface area contributed by atoms with Crippen molar-refractivity contribution < 1.29 is 13.3 Å². The summed E-state index contributed by atoms with van der Waals surface area (Å²) in [5.74, 6) is 1.72. The highest BCUT2D eigenvalue weighted by molar-refractivity contribution is 6.20. The van der Waals surface area contributed by atoms with Crippen LogP contribution in [0.2, 0.25) is 0 Å². The lowest BCUT2D eigenvalue weighted by Gasteiger charge is -2.11. The normalized spacial score (nSPS) is 11.9. The molecule has 12 aromatic rings. The first kappa shape index (κ1) is 31.5. The molecule has 266 valence electrons. The van der Waals surface area contributed by atoms with Crippen molar-refractivity contribution in [1.82, 2.24) is 15.0 Å². The molecule has 0 N–H and O–H groups in total. The molecule has 0 saturated carbocycles. The molecule has 0 aliphatic rings. The average Bonchev–Trinajstić information content (AvgIpc) is 3.98. The van der Waals surface area contributed by atoms with Crippen LogP contribution in [0.4, 0.5) is 0 Å². The van der Waals surface area contributed by atoms with Gasteiger partial charge in [-0.2, -0.15) is 0 Å². The van der Waals surface area contributed by atoms with E-state index in [1.807, 2.05) is 97.1 Å². The molecular formula is C51H29N3O3. The molecule has 0 saturated heterocycles. The van der Waals surface area contributed by atoms with E-state index in [0.717, 1.165) is 105 Å². The Kier molecular flexibility index (Phi) is 6.83. The topological polar surface area (TPSA) is 78.1 Å². The Balaban J connectivity index is 1.01. The lowest BCUT2D eigenvalue weighted by Crippen LogP contribution is -2.00. The molecule has 6 nitrogen and oxygen atoms in total. The molecule has 57 heavy (non-hydrogen) atoms. The van der Waals surface area contributed by atoms with Gasteiger partial charge in [0.1, 0.15) is 33.5 Å². The number of aromatic nitrogens is 3. The van der Waals surface area contributed by atoms with Gasteiger partial charge in [0.15, 0.2) is 17.5 Å². The van der Waals surface area contributed by atoms with Gasteiger partial charge in [0.05, 0.1) is 5.56 Å². The Morgan fingerprint density at radius 2 is 0.772 bits per heavy atom. The SMILES string of the molecule is c1ccc(-c2nc(-c3ccc(-c4ccc(-c5cccc6oc7ccccc7c56)c5oc6ccccc6c45)cc3)nc(-c3cccc4c3oc3ccccc34)n2)cc1. The molecule has 0 atom stereocenters. The quantitative estimate of drug-likeness (QED) is 0.175. The Morgan fingerprint density at radius 1 is 0.263 bits per heavy atom. The van der Waals surface area contributed by atoms with Crippen LogP contribution in [0.3, 0.4) is 0 Å². The molecule has 0 aliphatic carbocycles. The van der Waals surface area contributed by atoms with Crippen LogP contribution >= 0.6 is 0 Å². The highest BCUT2D eigenvalue weighted by Gasteiger charge is 2.21. The van der Waals surface area contributed by atoms with Crippen LogP contribution in [0.25, 0.3) is 122 Å². The molecule has 4 aromatic heterocycles. The molecule has 0 radical (unpaired) electrons. The summed E-state index contributed by atoms with van der Waals surface area (Å²) in [6.07, 6.45) is 0. The fourth-order valence-electron chi connectivity index (χ4n) is 8.34. The minimum atomic E-state index is 0.551. The summed E-state index contributed by atoms with van der Waals surface area (Å²) in [4.78, 5) is 15.1. The molecule has 0 aliphatic heterocycles. The van der Waals surface area contributed by atoms with Gasteiger partial charge in [-0.1, -0.05) is 140 Å². The van der Waals surface area contributed by atoms with E-state index >= 15 is 0 Å². The average molecular weight is 732 g/mol. The fourth-order valence-corrected chi connectivity index (χ4v) is 8.34. The van der Waals surface area contributed by atoms with Crippen LogP contribution in [0.5, 0.6) is 0 Å². The van der Waals surface area contributed by atoms with Crippen molar-refractivity contribution in [3.8, 4) is 56.4 Å². The minimum Gasteiger partial charge on any atom is -0.456 e. The Labute approximate surface area is 325 Å². The summed E-state index contributed by atoms with van der Waals surface area (Å²) in [7, 11) is 0. The predicted molar refractivity (Wildman–Crippen MR) is 229 cm³/mol. The number of rotatable bonds is 5. The van der Waals surface area contributed by atoms with Crippen LogP contribution in [0.15, 0.2) is 189 Å². The molecule has 4 heterocycles. The summed E-state index contributed by atoms with van der Waals surface area (Å²) in [6.45, 7) is 0. The second kappa shape index (κ2) is 12.3. The fraction of sp³-hybridized carbons (Fsp3) is 0. The third-order valence-electron chi connectivity index (χ3n) is 11.0. The minimum absolute atomic E-state index is 0.551. The molecule has 0 amide bonds. The second-order valence-electron chi connectivity index (χ2n) is 14.3. The summed E-state index contributed by atoms with van der Waals surface area (Å²) in [6, 6.07) is 59.8. The first-order chi connectivity index (χ1) is 28.2. The maximum atomic E-state index is 6.73. The largest absolute Gasteiger partial charge is 0.456 e. The van der Waals surface area contributed by atoms with Crippen molar-refractivity contribution in [3.63, 3.8) is 0 Å². The van der Waals surface area contributed by atoms with Crippen molar-refractivity contribution in [2.75, 3.05) is 0 Å². The maximum absolute atomic E-state index is 6.73. The van der Waals surface area contributed by atoms with Crippen LogP contribution in [-0.2, 0) is 0 Å². The second-order valence-corrected chi connectivity index (χ2v) is 14.3. The third kappa shape index (κ3) is 4.94. The highest BCUT2D eigenvalue weighted by atomic mass is 16.3. The first-order valence-corrected chi connectivity index (χ1v) is 18.9. The molecule has 0 fully saturated rings.